The zero-order valence-electron chi connectivity index (χ0n) is 12.2. The second-order valence-corrected chi connectivity index (χ2v) is 4.69. The number of carbonyl (C=O) groups excluding carboxylic acids is 1. The summed E-state index contributed by atoms with van der Waals surface area (Å²) in [5.74, 6) is 5.29. The molecular formula is C16H21NO3. The van der Waals surface area contributed by atoms with Gasteiger partial charge in [0.2, 0.25) is 0 Å². The number of ether oxygens (including phenoxy) is 1. The SMILES string of the molecule is CC(C)OCCN(C)C(=O)c1cccc(C#CCO)c1. The van der Waals surface area contributed by atoms with E-state index in [1.165, 1.54) is 0 Å². The van der Waals surface area contributed by atoms with Gasteiger partial charge in [-0.2, -0.15) is 0 Å². The number of hydrogen-bond acceptors (Lipinski definition) is 3. The van der Waals surface area contributed by atoms with Gasteiger partial charge in [-0.1, -0.05) is 17.9 Å². The zero-order valence-corrected chi connectivity index (χ0v) is 12.2. The highest BCUT2D eigenvalue weighted by Gasteiger charge is 2.11. The van der Waals surface area contributed by atoms with Gasteiger partial charge in [-0.25, -0.2) is 0 Å². The molecule has 0 heterocycles. The number of aliphatic hydroxyl groups is 1. The fraction of sp³-hybridized carbons (Fsp3) is 0.438. The average Bonchev–Trinajstić information content (AvgIpc) is 2.44. The Labute approximate surface area is 120 Å². The van der Waals surface area contributed by atoms with Gasteiger partial charge in [0.15, 0.2) is 0 Å². The van der Waals surface area contributed by atoms with E-state index >= 15 is 0 Å². The summed E-state index contributed by atoms with van der Waals surface area (Å²) in [5, 5.41) is 8.67. The molecular weight excluding hydrogens is 254 g/mol. The fourth-order valence-electron chi connectivity index (χ4n) is 1.62. The molecule has 0 aliphatic carbocycles. The second kappa shape index (κ2) is 8.36. The van der Waals surface area contributed by atoms with Crippen LogP contribution in [0.2, 0.25) is 0 Å². The van der Waals surface area contributed by atoms with E-state index in [0.29, 0.717) is 18.7 Å². The molecule has 1 amide bonds. The van der Waals surface area contributed by atoms with Crippen molar-refractivity contribution in [2.45, 2.75) is 20.0 Å². The first kappa shape index (κ1) is 16.2. The predicted molar refractivity (Wildman–Crippen MR) is 78.5 cm³/mol. The van der Waals surface area contributed by atoms with Gasteiger partial charge in [-0.15, -0.1) is 0 Å². The summed E-state index contributed by atoms with van der Waals surface area (Å²) in [7, 11) is 1.75. The van der Waals surface area contributed by atoms with Crippen LogP contribution in [0, 0.1) is 11.8 Å². The Kier molecular flexibility index (Phi) is 6.78. The van der Waals surface area contributed by atoms with Crippen molar-refractivity contribution in [3.8, 4) is 11.8 Å². The first-order valence-electron chi connectivity index (χ1n) is 6.61. The van der Waals surface area contributed by atoms with Crippen molar-refractivity contribution < 1.29 is 14.6 Å². The lowest BCUT2D eigenvalue weighted by atomic mass is 10.1. The molecule has 1 N–H and O–H groups in total. The van der Waals surface area contributed by atoms with Crippen LogP contribution in [-0.4, -0.2) is 48.8 Å². The highest BCUT2D eigenvalue weighted by Crippen LogP contribution is 2.07. The van der Waals surface area contributed by atoms with Crippen LogP contribution in [0.1, 0.15) is 29.8 Å². The Morgan fingerprint density at radius 2 is 2.20 bits per heavy atom. The first-order chi connectivity index (χ1) is 9.54. The van der Waals surface area contributed by atoms with Crippen molar-refractivity contribution >= 4 is 5.91 Å². The summed E-state index contributed by atoms with van der Waals surface area (Å²) >= 11 is 0. The van der Waals surface area contributed by atoms with E-state index in [1.54, 1.807) is 36.2 Å². The highest BCUT2D eigenvalue weighted by molar-refractivity contribution is 5.94. The van der Waals surface area contributed by atoms with E-state index in [-0.39, 0.29) is 18.6 Å². The molecule has 0 saturated carbocycles. The molecule has 20 heavy (non-hydrogen) atoms. The molecule has 1 aromatic rings. The minimum absolute atomic E-state index is 0.0648. The summed E-state index contributed by atoms with van der Waals surface area (Å²) in [6.45, 7) is 4.80. The van der Waals surface area contributed by atoms with Crippen LogP contribution in [0.5, 0.6) is 0 Å². The number of amides is 1. The topological polar surface area (TPSA) is 49.8 Å². The Balaban J connectivity index is 2.66. The molecule has 0 aromatic heterocycles. The zero-order chi connectivity index (χ0) is 15.0. The number of aliphatic hydroxyl groups excluding tert-OH is 1. The van der Waals surface area contributed by atoms with Crippen LogP contribution in [-0.2, 0) is 4.74 Å². The molecule has 0 fully saturated rings. The second-order valence-electron chi connectivity index (χ2n) is 4.69. The van der Waals surface area contributed by atoms with Crippen LogP contribution in [0.4, 0.5) is 0 Å². The van der Waals surface area contributed by atoms with Gasteiger partial charge in [-0.05, 0) is 32.0 Å². The van der Waals surface area contributed by atoms with Crippen molar-refractivity contribution in [3.05, 3.63) is 35.4 Å². The molecule has 4 nitrogen and oxygen atoms in total. The molecule has 4 heteroatoms. The molecule has 0 spiro atoms. The number of likely N-dealkylation sites (N-methyl/N-ethyl adjacent to an activating group) is 1. The van der Waals surface area contributed by atoms with Gasteiger partial charge in [0.25, 0.3) is 5.91 Å². The maximum absolute atomic E-state index is 12.2. The minimum atomic E-state index is -0.190. The molecule has 108 valence electrons. The van der Waals surface area contributed by atoms with Gasteiger partial charge in [0, 0.05) is 24.7 Å². The van der Waals surface area contributed by atoms with Crippen LogP contribution >= 0.6 is 0 Å². The number of carbonyl (C=O) groups is 1. The monoisotopic (exact) mass is 275 g/mol. The molecule has 0 aliphatic rings. The van der Waals surface area contributed by atoms with Crippen molar-refractivity contribution in [3.63, 3.8) is 0 Å². The van der Waals surface area contributed by atoms with Crippen LogP contribution in [0.3, 0.4) is 0 Å². The standard InChI is InChI=1S/C16H21NO3/c1-13(2)20-11-9-17(3)16(19)15-8-4-6-14(12-15)7-5-10-18/h4,6,8,12-13,18H,9-11H2,1-3H3. The van der Waals surface area contributed by atoms with Crippen LogP contribution in [0.25, 0.3) is 0 Å². The smallest absolute Gasteiger partial charge is 0.253 e. The van der Waals surface area contributed by atoms with Gasteiger partial charge in [-0.3, -0.25) is 4.79 Å². The normalized spacial score (nSPS) is 10.1. The maximum atomic E-state index is 12.2. The summed E-state index contributed by atoms with van der Waals surface area (Å²) in [6.07, 6.45) is 0.163. The third kappa shape index (κ3) is 5.43. The molecule has 0 aliphatic heterocycles. The van der Waals surface area contributed by atoms with E-state index in [4.69, 9.17) is 9.84 Å². The van der Waals surface area contributed by atoms with Gasteiger partial charge in [0.05, 0.1) is 12.7 Å². The van der Waals surface area contributed by atoms with Gasteiger partial charge >= 0.3 is 0 Å². The van der Waals surface area contributed by atoms with E-state index in [9.17, 15) is 4.79 Å². The number of nitrogens with zero attached hydrogens (tertiary/aromatic N) is 1. The quantitative estimate of drug-likeness (QED) is 0.829. The maximum Gasteiger partial charge on any atom is 0.253 e. The lowest BCUT2D eigenvalue weighted by molar-refractivity contribution is 0.0532. The Hall–Kier alpha value is -1.83. The van der Waals surface area contributed by atoms with Crippen LogP contribution in [0.15, 0.2) is 24.3 Å². The third-order valence-corrected chi connectivity index (χ3v) is 2.65. The molecule has 0 saturated heterocycles. The van der Waals surface area contributed by atoms with Crippen LogP contribution < -0.4 is 0 Å². The minimum Gasteiger partial charge on any atom is -0.384 e. The Morgan fingerprint density at radius 1 is 1.45 bits per heavy atom. The molecule has 0 atom stereocenters. The number of benzene rings is 1. The van der Waals surface area contributed by atoms with E-state index in [2.05, 4.69) is 11.8 Å². The number of rotatable bonds is 5. The summed E-state index contributed by atoms with van der Waals surface area (Å²) in [4.78, 5) is 13.8. The Bertz CT molecular complexity index is 500. The predicted octanol–water partition coefficient (Wildman–Crippen LogP) is 1.53. The average molecular weight is 275 g/mol. The highest BCUT2D eigenvalue weighted by atomic mass is 16.5. The van der Waals surface area contributed by atoms with Crippen molar-refractivity contribution in [1.29, 1.82) is 0 Å². The van der Waals surface area contributed by atoms with Gasteiger partial charge in [0.1, 0.15) is 6.61 Å². The molecule has 0 unspecified atom stereocenters. The van der Waals surface area contributed by atoms with Crippen molar-refractivity contribution in [2.24, 2.45) is 0 Å². The van der Waals surface area contributed by atoms with E-state index in [0.717, 1.165) is 5.56 Å². The fourth-order valence-corrected chi connectivity index (χ4v) is 1.62. The molecule has 1 rings (SSSR count). The lowest BCUT2D eigenvalue weighted by Crippen LogP contribution is -2.30. The van der Waals surface area contributed by atoms with E-state index < -0.39 is 0 Å². The summed E-state index contributed by atoms with van der Waals surface area (Å²) in [6, 6.07) is 7.07. The summed E-state index contributed by atoms with van der Waals surface area (Å²) in [5.41, 5.74) is 1.30. The van der Waals surface area contributed by atoms with Crippen molar-refractivity contribution in [2.75, 3.05) is 26.8 Å². The lowest BCUT2D eigenvalue weighted by Gasteiger charge is -2.18. The first-order valence-corrected chi connectivity index (χ1v) is 6.61. The Morgan fingerprint density at radius 3 is 2.85 bits per heavy atom. The largest absolute Gasteiger partial charge is 0.384 e. The molecule has 0 bridgehead atoms. The third-order valence-electron chi connectivity index (χ3n) is 2.65. The van der Waals surface area contributed by atoms with Gasteiger partial charge < -0.3 is 14.7 Å². The van der Waals surface area contributed by atoms with Crippen molar-refractivity contribution in [1.82, 2.24) is 4.90 Å². The molecule has 1 aromatic carbocycles. The molecule has 0 radical (unpaired) electrons. The number of hydrogen-bond donors (Lipinski definition) is 1. The summed E-state index contributed by atoms with van der Waals surface area (Å²) < 4.78 is 5.43. The van der Waals surface area contributed by atoms with E-state index in [1.807, 2.05) is 13.8 Å².